The smallest absolute Gasteiger partial charge is 0.402 e. The Bertz CT molecular complexity index is 2160. The number of benzene rings is 3. The average molecular weight is 804 g/mol. The van der Waals surface area contributed by atoms with Gasteiger partial charge in [-0.15, -0.1) is 11.8 Å². The summed E-state index contributed by atoms with van der Waals surface area (Å²) in [6, 6.07) is 11.0. The van der Waals surface area contributed by atoms with Gasteiger partial charge in [0, 0.05) is 59.8 Å². The largest absolute Gasteiger partial charge is 0.417 e. The van der Waals surface area contributed by atoms with Gasteiger partial charge in [0.15, 0.2) is 0 Å². The lowest BCUT2D eigenvalue weighted by Crippen LogP contribution is -2.28. The Balaban J connectivity index is 1.65. The van der Waals surface area contributed by atoms with E-state index in [9.17, 15) is 38.2 Å². The van der Waals surface area contributed by atoms with Crippen molar-refractivity contribution in [1.82, 2.24) is 20.2 Å². The average Bonchev–Trinajstić information content (AvgIpc) is 3.61. The van der Waals surface area contributed by atoms with Gasteiger partial charge in [-0.05, 0) is 79.6 Å². The number of aryl methyl sites for hydroxylation is 2. The van der Waals surface area contributed by atoms with Gasteiger partial charge in [-0.2, -0.15) is 0 Å². The molecular formula is C33H38ClN9O9S2. The lowest BCUT2D eigenvalue weighted by atomic mass is 10.1. The van der Waals surface area contributed by atoms with E-state index in [4.69, 9.17) is 16.3 Å². The van der Waals surface area contributed by atoms with E-state index in [1.165, 1.54) is 29.9 Å². The number of ether oxygens (including phenoxy) is 1. The molecule has 54 heavy (non-hydrogen) atoms. The van der Waals surface area contributed by atoms with Crippen molar-refractivity contribution in [2.45, 2.75) is 57.1 Å². The van der Waals surface area contributed by atoms with Crippen molar-refractivity contribution < 1.29 is 32.6 Å². The van der Waals surface area contributed by atoms with E-state index in [0.717, 1.165) is 47.9 Å². The van der Waals surface area contributed by atoms with Crippen molar-refractivity contribution in [3.63, 3.8) is 0 Å². The van der Waals surface area contributed by atoms with Gasteiger partial charge < -0.3 is 14.5 Å². The molecular weight excluding hydrogens is 766 g/mol. The highest BCUT2D eigenvalue weighted by molar-refractivity contribution is 8.00. The number of nitrogens with zero attached hydrogens (tertiary/aromatic N) is 8. The Labute approximate surface area is 320 Å². The highest BCUT2D eigenvalue weighted by Gasteiger charge is 2.33. The van der Waals surface area contributed by atoms with Crippen molar-refractivity contribution in [3.05, 3.63) is 84.9 Å². The van der Waals surface area contributed by atoms with Crippen LogP contribution in [-0.2, 0) is 16.4 Å². The number of nitrogens with one attached hydrogen (secondary N) is 1. The highest BCUT2D eigenvalue weighted by atomic mass is 35.5. The third-order valence-electron chi connectivity index (χ3n) is 8.16. The number of nitro benzene ring substituents is 2. The van der Waals surface area contributed by atoms with Gasteiger partial charge in [0.2, 0.25) is 15.6 Å². The van der Waals surface area contributed by atoms with Gasteiger partial charge in [0.05, 0.1) is 32.9 Å². The molecule has 0 spiro atoms. The molecule has 21 heteroatoms. The fraction of sp³-hybridized carbons (Fsp3) is 0.364. The molecule has 288 valence electrons. The maximum atomic E-state index is 14.1. The third-order valence-corrected chi connectivity index (χ3v) is 11.3. The lowest BCUT2D eigenvalue weighted by molar-refractivity contribution is -0.394. The number of sulfone groups is 1. The molecule has 3 aromatic carbocycles. The number of non-ortho nitro benzene ring substituents is 1. The minimum absolute atomic E-state index is 0.0233. The molecule has 0 fully saturated rings. The Morgan fingerprint density at radius 2 is 1.76 bits per heavy atom. The van der Waals surface area contributed by atoms with Crippen LogP contribution in [-0.4, -0.2) is 82.1 Å². The van der Waals surface area contributed by atoms with Crippen molar-refractivity contribution in [1.29, 1.82) is 0 Å². The SMILES string of the molecule is CCCCn1nnnc1S(=O)(=O)CCSc1cc(Cl)ccc1N(C)C(=O)c1cc([N+](=O)[O-])cc([N+](=O)[O-])c1OC(=O)Nc1ccc(N(CC)CC)cc1C. The van der Waals surface area contributed by atoms with Gasteiger partial charge in [0.25, 0.3) is 16.8 Å². The van der Waals surface area contributed by atoms with Gasteiger partial charge in [-0.3, -0.25) is 30.3 Å². The third kappa shape index (κ3) is 9.79. The number of carbonyl (C=O) groups is 2. The standard InChI is InChI=1S/C33H38ClN9O9S2/c1-6-9-14-41-32(36-37-38-41)54(50,51)16-15-53-29-18-22(34)10-13-27(29)39(5)31(44)25-19-24(42(46)47)20-28(43(48)49)30(25)52-33(45)35-26-12-11-23(17-21(26)4)40(7-2)8-3/h10-13,17-20H,6-9,14-16H2,1-5H3,(H,35,45). The summed E-state index contributed by atoms with van der Waals surface area (Å²) in [4.78, 5) is 52.9. The van der Waals surface area contributed by atoms with Crippen molar-refractivity contribution in [3.8, 4) is 5.75 Å². The van der Waals surface area contributed by atoms with Crippen molar-refractivity contribution in [2.24, 2.45) is 0 Å². The van der Waals surface area contributed by atoms with Crippen molar-refractivity contribution in [2.75, 3.05) is 46.8 Å². The number of aromatic nitrogens is 4. The van der Waals surface area contributed by atoms with Crippen LogP contribution in [0.5, 0.6) is 5.75 Å². The Morgan fingerprint density at radius 3 is 2.39 bits per heavy atom. The Kier molecular flexibility index (Phi) is 13.9. The number of nitro groups is 2. The van der Waals surface area contributed by atoms with E-state index in [-0.39, 0.29) is 27.4 Å². The summed E-state index contributed by atoms with van der Waals surface area (Å²) in [5.41, 5.74) is -0.395. The zero-order valence-corrected chi connectivity index (χ0v) is 32.4. The first kappa shape index (κ1) is 41.4. The van der Waals surface area contributed by atoms with E-state index in [1.807, 2.05) is 26.8 Å². The molecule has 0 aliphatic carbocycles. The summed E-state index contributed by atoms with van der Waals surface area (Å²) in [6.45, 7) is 9.51. The Hall–Kier alpha value is -5.34. The van der Waals surface area contributed by atoms with Gasteiger partial charge in [0.1, 0.15) is 0 Å². The number of hydrogen-bond donors (Lipinski definition) is 1. The highest BCUT2D eigenvalue weighted by Crippen LogP contribution is 2.39. The fourth-order valence-electron chi connectivity index (χ4n) is 5.30. The molecule has 4 rings (SSSR count). The minimum Gasteiger partial charge on any atom is -0.402 e. The van der Waals surface area contributed by atoms with Crippen molar-refractivity contribution >= 4 is 73.6 Å². The molecule has 0 saturated heterocycles. The first-order chi connectivity index (χ1) is 25.6. The Morgan fingerprint density at radius 1 is 1.04 bits per heavy atom. The molecule has 0 radical (unpaired) electrons. The van der Waals surface area contributed by atoms with Crippen LogP contribution in [0.2, 0.25) is 5.02 Å². The first-order valence-electron chi connectivity index (χ1n) is 16.6. The van der Waals surface area contributed by atoms with Crippen LogP contribution in [0.25, 0.3) is 0 Å². The van der Waals surface area contributed by atoms with Crippen LogP contribution < -0.4 is 19.9 Å². The maximum absolute atomic E-state index is 14.1. The summed E-state index contributed by atoms with van der Waals surface area (Å²) in [5.74, 6) is -2.25. The maximum Gasteiger partial charge on any atom is 0.417 e. The quantitative estimate of drug-likeness (QED) is 0.0679. The van der Waals surface area contributed by atoms with Gasteiger partial charge in [-0.1, -0.05) is 30.0 Å². The second-order valence-corrected chi connectivity index (χ2v) is 15.3. The first-order valence-corrected chi connectivity index (χ1v) is 19.6. The van der Waals surface area contributed by atoms with Crippen LogP contribution in [0.1, 0.15) is 49.5 Å². The predicted octanol–water partition coefficient (Wildman–Crippen LogP) is 6.55. The van der Waals surface area contributed by atoms with E-state index in [0.29, 0.717) is 35.2 Å². The zero-order chi connectivity index (χ0) is 39.7. The predicted molar refractivity (Wildman–Crippen MR) is 204 cm³/mol. The molecule has 0 aliphatic rings. The number of rotatable bonds is 17. The number of halogens is 1. The molecule has 1 aromatic heterocycles. The summed E-state index contributed by atoms with van der Waals surface area (Å²) in [6.07, 6.45) is 0.284. The van der Waals surface area contributed by atoms with Crippen LogP contribution in [0.15, 0.2) is 58.6 Å². The number of hydrogen-bond acceptors (Lipinski definition) is 14. The number of anilines is 3. The molecule has 0 aliphatic heterocycles. The topological polar surface area (TPSA) is 226 Å². The summed E-state index contributed by atoms with van der Waals surface area (Å²) in [5, 5.41) is 37.5. The second-order valence-electron chi connectivity index (χ2n) is 11.7. The summed E-state index contributed by atoms with van der Waals surface area (Å²) >= 11 is 7.30. The number of carbonyl (C=O) groups excluding carboxylic acids is 2. The van der Waals surface area contributed by atoms with E-state index in [1.54, 1.807) is 19.1 Å². The number of amides is 2. The van der Waals surface area contributed by atoms with Gasteiger partial charge >= 0.3 is 11.8 Å². The molecule has 0 atom stereocenters. The molecule has 0 saturated carbocycles. The lowest BCUT2D eigenvalue weighted by Gasteiger charge is -2.22. The molecule has 18 nitrogen and oxygen atoms in total. The molecule has 1 N–H and O–H groups in total. The minimum atomic E-state index is -3.92. The van der Waals surface area contributed by atoms with Gasteiger partial charge in [-0.25, -0.2) is 17.9 Å². The molecule has 0 unspecified atom stereocenters. The zero-order valence-electron chi connectivity index (χ0n) is 30.0. The summed E-state index contributed by atoms with van der Waals surface area (Å²) < 4.78 is 32.9. The van der Waals surface area contributed by atoms with Crippen LogP contribution >= 0.6 is 23.4 Å². The molecule has 0 bridgehead atoms. The molecule has 4 aromatic rings. The van der Waals surface area contributed by atoms with Crippen LogP contribution in [0, 0.1) is 27.2 Å². The van der Waals surface area contributed by atoms with Crippen LogP contribution in [0.4, 0.5) is 33.2 Å². The van der Waals surface area contributed by atoms with E-state index in [2.05, 4.69) is 25.7 Å². The monoisotopic (exact) mass is 803 g/mol. The number of tetrazole rings is 1. The van der Waals surface area contributed by atoms with Crippen LogP contribution in [0.3, 0.4) is 0 Å². The van der Waals surface area contributed by atoms with E-state index < -0.39 is 54.4 Å². The fourth-order valence-corrected chi connectivity index (χ4v) is 8.32. The number of thioether (sulfide) groups is 1. The van der Waals surface area contributed by atoms with E-state index >= 15 is 0 Å². The molecule has 1 heterocycles. The molecule has 2 amide bonds. The number of unbranched alkanes of at least 4 members (excludes halogenated alkanes) is 1. The summed E-state index contributed by atoms with van der Waals surface area (Å²) in [7, 11) is -2.62. The second kappa shape index (κ2) is 18.1. The normalized spacial score (nSPS) is 11.2.